The molecule has 0 aromatic heterocycles. The molecular weight excluding hydrogens is 340 g/mol. The van der Waals surface area contributed by atoms with E-state index in [2.05, 4.69) is 21.2 Å². The van der Waals surface area contributed by atoms with Gasteiger partial charge in [0, 0.05) is 16.2 Å². The molecule has 0 aliphatic heterocycles. The standard InChI is InChI=1S/C16H14BrF2NO/c1-9-5-12(17)6-10(2)16(9)20-15(21)7-11-3-4-13(18)8-14(11)19/h3-6,8H,7H2,1-2H3,(H,20,21). The van der Waals surface area contributed by atoms with Crippen LogP contribution in [0.2, 0.25) is 0 Å². The Labute approximate surface area is 130 Å². The van der Waals surface area contributed by atoms with Gasteiger partial charge in [0.05, 0.1) is 6.42 Å². The highest BCUT2D eigenvalue weighted by molar-refractivity contribution is 9.10. The number of nitrogens with one attached hydrogen (secondary N) is 1. The monoisotopic (exact) mass is 353 g/mol. The number of halogens is 3. The molecule has 0 aliphatic rings. The Morgan fingerprint density at radius 2 is 1.76 bits per heavy atom. The van der Waals surface area contributed by atoms with E-state index in [4.69, 9.17) is 0 Å². The summed E-state index contributed by atoms with van der Waals surface area (Å²) in [4.78, 5) is 12.0. The van der Waals surface area contributed by atoms with Gasteiger partial charge in [0.25, 0.3) is 0 Å². The van der Waals surface area contributed by atoms with Crippen LogP contribution in [0, 0.1) is 25.5 Å². The molecule has 0 fully saturated rings. The zero-order valence-corrected chi connectivity index (χ0v) is 13.2. The third-order valence-corrected chi connectivity index (χ3v) is 3.59. The molecule has 2 aromatic rings. The van der Waals surface area contributed by atoms with Crippen LogP contribution in [0.15, 0.2) is 34.8 Å². The van der Waals surface area contributed by atoms with Gasteiger partial charge in [0.15, 0.2) is 0 Å². The van der Waals surface area contributed by atoms with E-state index < -0.39 is 11.6 Å². The lowest BCUT2D eigenvalue weighted by molar-refractivity contribution is -0.115. The van der Waals surface area contributed by atoms with Crippen molar-refractivity contribution in [1.29, 1.82) is 0 Å². The van der Waals surface area contributed by atoms with Gasteiger partial charge in [0.2, 0.25) is 5.91 Å². The third kappa shape index (κ3) is 3.88. The summed E-state index contributed by atoms with van der Waals surface area (Å²) < 4.78 is 27.3. The lowest BCUT2D eigenvalue weighted by Gasteiger charge is -2.12. The molecule has 21 heavy (non-hydrogen) atoms. The Kier molecular flexibility index (Phi) is 4.73. The number of hydrogen-bond acceptors (Lipinski definition) is 1. The third-order valence-electron chi connectivity index (χ3n) is 3.13. The van der Waals surface area contributed by atoms with Gasteiger partial charge in [0.1, 0.15) is 11.6 Å². The summed E-state index contributed by atoms with van der Waals surface area (Å²) in [5, 5.41) is 2.78. The van der Waals surface area contributed by atoms with Gasteiger partial charge >= 0.3 is 0 Å². The quantitative estimate of drug-likeness (QED) is 0.863. The van der Waals surface area contributed by atoms with Gasteiger partial charge in [-0.2, -0.15) is 0 Å². The molecule has 2 nitrogen and oxygen atoms in total. The molecule has 2 aromatic carbocycles. The van der Waals surface area contributed by atoms with E-state index in [1.165, 1.54) is 6.07 Å². The Morgan fingerprint density at radius 1 is 1.14 bits per heavy atom. The fraction of sp³-hybridized carbons (Fsp3) is 0.188. The Hall–Kier alpha value is -1.75. The van der Waals surface area contributed by atoms with Crippen molar-refractivity contribution in [2.75, 3.05) is 5.32 Å². The number of amides is 1. The second-order valence-electron chi connectivity index (χ2n) is 4.88. The minimum absolute atomic E-state index is 0.138. The molecule has 1 N–H and O–H groups in total. The highest BCUT2D eigenvalue weighted by Gasteiger charge is 2.12. The molecule has 0 heterocycles. The van der Waals surface area contributed by atoms with Gasteiger partial charge in [-0.25, -0.2) is 8.78 Å². The molecule has 0 spiro atoms. The van der Waals surface area contributed by atoms with Gasteiger partial charge in [-0.05, 0) is 48.7 Å². The topological polar surface area (TPSA) is 29.1 Å². The van der Waals surface area contributed by atoms with Crippen LogP contribution in [0.5, 0.6) is 0 Å². The Morgan fingerprint density at radius 3 is 2.33 bits per heavy atom. The summed E-state index contributed by atoms with van der Waals surface area (Å²) in [5.41, 5.74) is 2.71. The maximum absolute atomic E-state index is 13.5. The van der Waals surface area contributed by atoms with Crippen LogP contribution in [0.4, 0.5) is 14.5 Å². The number of carbonyl (C=O) groups excluding carboxylic acids is 1. The van der Waals surface area contributed by atoms with Crippen molar-refractivity contribution in [2.24, 2.45) is 0 Å². The fourth-order valence-electron chi connectivity index (χ4n) is 2.13. The smallest absolute Gasteiger partial charge is 0.228 e. The van der Waals surface area contributed by atoms with Crippen LogP contribution in [0.3, 0.4) is 0 Å². The van der Waals surface area contributed by atoms with Crippen LogP contribution < -0.4 is 5.32 Å². The molecule has 1 amide bonds. The predicted octanol–water partition coefficient (Wildman–Crippen LogP) is 4.53. The van der Waals surface area contributed by atoms with E-state index >= 15 is 0 Å². The van der Waals surface area contributed by atoms with E-state index in [0.29, 0.717) is 5.69 Å². The average molecular weight is 354 g/mol. The number of benzene rings is 2. The summed E-state index contributed by atoms with van der Waals surface area (Å²) in [6, 6.07) is 6.98. The first kappa shape index (κ1) is 15.6. The molecule has 2 rings (SSSR count). The first-order valence-corrected chi connectivity index (χ1v) is 7.16. The summed E-state index contributed by atoms with van der Waals surface area (Å²) in [5.74, 6) is -1.71. The van der Waals surface area contributed by atoms with E-state index in [0.717, 1.165) is 27.7 Å². The second kappa shape index (κ2) is 6.35. The summed E-state index contributed by atoms with van der Waals surface area (Å²) >= 11 is 3.39. The molecule has 0 unspecified atom stereocenters. The SMILES string of the molecule is Cc1cc(Br)cc(C)c1NC(=O)Cc1ccc(F)cc1F. The highest BCUT2D eigenvalue weighted by Crippen LogP contribution is 2.25. The van der Waals surface area contributed by atoms with Crippen molar-refractivity contribution in [3.8, 4) is 0 Å². The second-order valence-corrected chi connectivity index (χ2v) is 5.79. The molecule has 0 radical (unpaired) electrons. The fourth-order valence-corrected chi connectivity index (χ4v) is 2.82. The molecule has 0 saturated carbocycles. The lowest BCUT2D eigenvalue weighted by Crippen LogP contribution is -2.16. The van der Waals surface area contributed by atoms with Gasteiger partial charge in [-0.15, -0.1) is 0 Å². The van der Waals surface area contributed by atoms with Gasteiger partial charge in [-0.3, -0.25) is 4.79 Å². The zero-order chi connectivity index (χ0) is 15.6. The van der Waals surface area contributed by atoms with Gasteiger partial charge < -0.3 is 5.32 Å². The van der Waals surface area contributed by atoms with E-state index in [1.807, 2.05) is 26.0 Å². The van der Waals surface area contributed by atoms with Crippen molar-refractivity contribution in [3.05, 3.63) is 63.1 Å². The molecule has 0 atom stereocenters. The Balaban J connectivity index is 2.16. The molecule has 0 bridgehead atoms. The Bertz CT molecular complexity index is 678. The van der Waals surface area contributed by atoms with E-state index in [1.54, 1.807) is 0 Å². The zero-order valence-electron chi connectivity index (χ0n) is 11.6. The molecule has 0 saturated heterocycles. The number of carbonyl (C=O) groups is 1. The minimum Gasteiger partial charge on any atom is -0.325 e. The van der Waals surface area contributed by atoms with E-state index in [-0.39, 0.29) is 17.9 Å². The molecule has 5 heteroatoms. The highest BCUT2D eigenvalue weighted by atomic mass is 79.9. The summed E-state index contributed by atoms with van der Waals surface area (Å²) in [6.45, 7) is 3.76. The predicted molar refractivity (Wildman–Crippen MR) is 82.3 cm³/mol. The van der Waals surface area contributed by atoms with Crippen LogP contribution in [0.1, 0.15) is 16.7 Å². The molecule has 0 aliphatic carbocycles. The van der Waals surface area contributed by atoms with Crippen LogP contribution in [-0.2, 0) is 11.2 Å². The summed E-state index contributed by atoms with van der Waals surface area (Å²) in [7, 11) is 0. The molecular formula is C16H14BrF2NO. The van der Waals surface area contributed by atoms with Crippen molar-refractivity contribution in [3.63, 3.8) is 0 Å². The van der Waals surface area contributed by atoms with Crippen molar-refractivity contribution in [1.82, 2.24) is 0 Å². The van der Waals surface area contributed by atoms with Crippen LogP contribution in [0.25, 0.3) is 0 Å². The minimum atomic E-state index is -0.714. The normalized spacial score (nSPS) is 10.5. The lowest BCUT2D eigenvalue weighted by atomic mass is 10.1. The van der Waals surface area contributed by atoms with Crippen molar-refractivity contribution >= 4 is 27.5 Å². The van der Waals surface area contributed by atoms with Crippen molar-refractivity contribution < 1.29 is 13.6 Å². The number of rotatable bonds is 3. The number of aryl methyl sites for hydroxylation is 2. The average Bonchev–Trinajstić information content (AvgIpc) is 2.37. The number of anilines is 1. The largest absolute Gasteiger partial charge is 0.325 e. The number of hydrogen-bond donors (Lipinski definition) is 1. The molecule has 110 valence electrons. The first-order valence-electron chi connectivity index (χ1n) is 6.37. The maximum Gasteiger partial charge on any atom is 0.228 e. The first-order chi connectivity index (χ1) is 9.86. The van der Waals surface area contributed by atoms with E-state index in [9.17, 15) is 13.6 Å². The van der Waals surface area contributed by atoms with Crippen LogP contribution >= 0.6 is 15.9 Å². The van der Waals surface area contributed by atoms with Crippen molar-refractivity contribution in [2.45, 2.75) is 20.3 Å². The summed E-state index contributed by atoms with van der Waals surface area (Å²) in [6.07, 6.45) is -0.138. The van der Waals surface area contributed by atoms with Crippen LogP contribution in [-0.4, -0.2) is 5.91 Å². The maximum atomic E-state index is 13.5. The van der Waals surface area contributed by atoms with Gasteiger partial charge in [-0.1, -0.05) is 22.0 Å².